The fourth-order valence-corrected chi connectivity index (χ4v) is 2.27. The molecule has 18 heavy (non-hydrogen) atoms. The van der Waals surface area contributed by atoms with Crippen LogP contribution in [0.2, 0.25) is 0 Å². The molecule has 0 bridgehead atoms. The van der Waals surface area contributed by atoms with Gasteiger partial charge in [-0.15, -0.1) is 0 Å². The Morgan fingerprint density at radius 3 is 2.56 bits per heavy atom. The zero-order valence-corrected chi connectivity index (χ0v) is 12.0. The normalized spacial score (nSPS) is 10.4. The van der Waals surface area contributed by atoms with Crippen molar-refractivity contribution in [1.82, 2.24) is 15.0 Å². The van der Waals surface area contributed by atoms with E-state index in [4.69, 9.17) is 0 Å². The Kier molecular flexibility index (Phi) is 4.25. The van der Waals surface area contributed by atoms with E-state index >= 15 is 0 Å². The minimum Gasteiger partial charge on any atom is -0.372 e. The van der Waals surface area contributed by atoms with Crippen molar-refractivity contribution >= 4 is 21.7 Å². The minimum absolute atomic E-state index is 0.730. The van der Waals surface area contributed by atoms with Crippen molar-refractivity contribution in [1.29, 1.82) is 0 Å². The monoisotopic (exact) mass is 306 g/mol. The number of aromatic nitrogens is 3. The molecule has 0 fully saturated rings. The molecule has 1 N–H and O–H groups in total. The summed E-state index contributed by atoms with van der Waals surface area (Å²) in [5.74, 6) is 1.55. The number of aryl methyl sites for hydroxylation is 1. The second-order valence-electron chi connectivity index (χ2n) is 3.89. The van der Waals surface area contributed by atoms with Crippen molar-refractivity contribution in [2.75, 3.05) is 12.4 Å². The Morgan fingerprint density at radius 1 is 1.22 bits per heavy atom. The first kappa shape index (κ1) is 13.0. The van der Waals surface area contributed by atoms with Gasteiger partial charge in [0.15, 0.2) is 5.82 Å². The molecule has 0 spiro atoms. The van der Waals surface area contributed by atoms with E-state index in [2.05, 4.69) is 43.1 Å². The maximum absolute atomic E-state index is 4.62. The van der Waals surface area contributed by atoms with Crippen LogP contribution in [0.5, 0.6) is 0 Å². The summed E-state index contributed by atoms with van der Waals surface area (Å²) in [6.07, 6.45) is 5.48. The number of nitrogens with one attached hydrogen (secondary N) is 1. The molecule has 0 aromatic carbocycles. The molecule has 2 aromatic heterocycles. The van der Waals surface area contributed by atoms with E-state index in [9.17, 15) is 0 Å². The lowest BCUT2D eigenvalue weighted by atomic mass is 10.2. The highest BCUT2D eigenvalue weighted by molar-refractivity contribution is 9.10. The quantitative estimate of drug-likeness (QED) is 0.941. The molecular weight excluding hydrogens is 292 g/mol. The van der Waals surface area contributed by atoms with Gasteiger partial charge in [-0.1, -0.05) is 13.3 Å². The highest BCUT2D eigenvalue weighted by Gasteiger charge is 2.11. The average Bonchev–Trinajstić information content (AvgIpc) is 2.42. The topological polar surface area (TPSA) is 50.7 Å². The zero-order valence-electron chi connectivity index (χ0n) is 10.4. The van der Waals surface area contributed by atoms with Crippen LogP contribution in [-0.2, 0) is 6.42 Å². The van der Waals surface area contributed by atoms with E-state index in [0.717, 1.165) is 40.2 Å². The lowest BCUT2D eigenvalue weighted by molar-refractivity contribution is 0.869. The van der Waals surface area contributed by atoms with Crippen LogP contribution >= 0.6 is 15.9 Å². The maximum atomic E-state index is 4.62. The molecule has 0 saturated carbocycles. The van der Waals surface area contributed by atoms with Crippen LogP contribution in [0, 0.1) is 0 Å². The molecule has 94 valence electrons. The summed E-state index contributed by atoms with van der Waals surface area (Å²) in [4.78, 5) is 13.1. The molecule has 0 aliphatic heterocycles. The molecule has 0 saturated heterocycles. The molecule has 5 heteroatoms. The van der Waals surface area contributed by atoms with Gasteiger partial charge in [-0.25, -0.2) is 9.97 Å². The molecule has 2 heterocycles. The molecule has 4 nitrogen and oxygen atoms in total. The van der Waals surface area contributed by atoms with Crippen LogP contribution in [0.3, 0.4) is 0 Å². The van der Waals surface area contributed by atoms with E-state index < -0.39 is 0 Å². The van der Waals surface area contributed by atoms with Gasteiger partial charge < -0.3 is 5.32 Å². The first-order chi connectivity index (χ1) is 8.76. The average molecular weight is 307 g/mol. The smallest absolute Gasteiger partial charge is 0.161 e. The van der Waals surface area contributed by atoms with Gasteiger partial charge in [0.2, 0.25) is 0 Å². The van der Waals surface area contributed by atoms with Crippen LogP contribution in [0.15, 0.2) is 29.0 Å². The minimum atomic E-state index is 0.730. The van der Waals surface area contributed by atoms with Crippen molar-refractivity contribution in [3.05, 3.63) is 34.7 Å². The third-order valence-corrected chi connectivity index (χ3v) is 3.42. The number of hydrogen-bond donors (Lipinski definition) is 1. The van der Waals surface area contributed by atoms with Crippen molar-refractivity contribution < 1.29 is 0 Å². The summed E-state index contributed by atoms with van der Waals surface area (Å²) in [7, 11) is 1.86. The largest absolute Gasteiger partial charge is 0.372 e. The molecule has 0 atom stereocenters. The van der Waals surface area contributed by atoms with Crippen LogP contribution in [0.1, 0.15) is 19.0 Å². The van der Waals surface area contributed by atoms with Crippen LogP contribution < -0.4 is 5.32 Å². The lowest BCUT2D eigenvalue weighted by Gasteiger charge is -2.10. The second kappa shape index (κ2) is 5.91. The van der Waals surface area contributed by atoms with Gasteiger partial charge in [-0.3, -0.25) is 4.98 Å². The van der Waals surface area contributed by atoms with Gasteiger partial charge >= 0.3 is 0 Å². The highest BCUT2D eigenvalue weighted by Crippen LogP contribution is 2.27. The lowest BCUT2D eigenvalue weighted by Crippen LogP contribution is -2.03. The van der Waals surface area contributed by atoms with Crippen molar-refractivity contribution in [3.63, 3.8) is 0 Å². The van der Waals surface area contributed by atoms with Gasteiger partial charge in [0.1, 0.15) is 5.82 Å². The van der Waals surface area contributed by atoms with Crippen LogP contribution in [-0.4, -0.2) is 22.0 Å². The van der Waals surface area contributed by atoms with Crippen molar-refractivity contribution in [2.45, 2.75) is 19.8 Å². The summed E-state index contributed by atoms with van der Waals surface area (Å²) in [5, 5.41) is 3.09. The molecule has 0 unspecified atom stereocenters. The number of nitrogens with zero attached hydrogens (tertiary/aromatic N) is 3. The Bertz CT molecular complexity index is 528. The van der Waals surface area contributed by atoms with E-state index in [-0.39, 0.29) is 0 Å². The molecule has 0 amide bonds. The van der Waals surface area contributed by atoms with E-state index in [1.165, 1.54) is 0 Å². The first-order valence-corrected chi connectivity index (χ1v) is 6.70. The number of hydrogen-bond acceptors (Lipinski definition) is 4. The predicted molar refractivity (Wildman–Crippen MR) is 76.5 cm³/mol. The standard InChI is InChI=1S/C13H15BrN4/c1-3-4-10-11(14)13(15-2)18-12(17-10)9-5-7-16-8-6-9/h5-8H,3-4H2,1-2H3,(H,15,17,18). The van der Waals surface area contributed by atoms with Crippen molar-refractivity contribution in [2.24, 2.45) is 0 Å². The van der Waals surface area contributed by atoms with E-state index in [1.807, 2.05) is 19.2 Å². The van der Waals surface area contributed by atoms with Gasteiger partial charge in [0.25, 0.3) is 0 Å². The van der Waals surface area contributed by atoms with Crippen LogP contribution in [0.4, 0.5) is 5.82 Å². The first-order valence-electron chi connectivity index (χ1n) is 5.90. The molecular formula is C13H15BrN4. The number of halogens is 1. The van der Waals surface area contributed by atoms with E-state index in [1.54, 1.807) is 12.4 Å². The third-order valence-electron chi connectivity index (χ3n) is 2.58. The van der Waals surface area contributed by atoms with E-state index in [0.29, 0.717) is 0 Å². The highest BCUT2D eigenvalue weighted by atomic mass is 79.9. The summed E-state index contributed by atoms with van der Waals surface area (Å²) in [6.45, 7) is 2.14. The van der Waals surface area contributed by atoms with Gasteiger partial charge in [-0.05, 0) is 34.5 Å². The summed E-state index contributed by atoms with van der Waals surface area (Å²) in [5.41, 5.74) is 2.01. The Labute approximate surface area is 115 Å². The van der Waals surface area contributed by atoms with Crippen molar-refractivity contribution in [3.8, 4) is 11.4 Å². The summed E-state index contributed by atoms with van der Waals surface area (Å²) >= 11 is 3.55. The van der Waals surface area contributed by atoms with Gasteiger partial charge in [-0.2, -0.15) is 0 Å². The Balaban J connectivity index is 2.52. The zero-order chi connectivity index (χ0) is 13.0. The number of anilines is 1. The molecule has 0 radical (unpaired) electrons. The second-order valence-corrected chi connectivity index (χ2v) is 4.69. The Hall–Kier alpha value is -1.49. The van der Waals surface area contributed by atoms with Gasteiger partial charge in [0, 0.05) is 25.0 Å². The third kappa shape index (κ3) is 2.67. The molecule has 2 rings (SSSR count). The molecule has 0 aliphatic carbocycles. The summed E-state index contributed by atoms with van der Waals surface area (Å²) in [6, 6.07) is 3.83. The number of rotatable bonds is 4. The van der Waals surface area contributed by atoms with Crippen LogP contribution in [0.25, 0.3) is 11.4 Å². The van der Waals surface area contributed by atoms with Gasteiger partial charge in [0.05, 0.1) is 10.2 Å². The fraction of sp³-hybridized carbons (Fsp3) is 0.308. The molecule has 0 aliphatic rings. The maximum Gasteiger partial charge on any atom is 0.161 e. The number of pyridine rings is 1. The summed E-state index contributed by atoms with van der Waals surface area (Å²) < 4.78 is 0.949. The predicted octanol–water partition coefficient (Wildman–Crippen LogP) is 3.30. The molecule has 2 aromatic rings. The fourth-order valence-electron chi connectivity index (χ4n) is 1.69. The Morgan fingerprint density at radius 2 is 1.94 bits per heavy atom. The SMILES string of the molecule is CCCc1nc(-c2ccncc2)nc(NC)c1Br.